The number of aryl methyl sites for hydroxylation is 1. The van der Waals surface area contributed by atoms with Crippen LogP contribution in [0.4, 0.5) is 16.0 Å². The highest BCUT2D eigenvalue weighted by Gasteiger charge is 2.49. The van der Waals surface area contributed by atoms with Crippen molar-refractivity contribution in [3.05, 3.63) is 94.3 Å². The predicted molar refractivity (Wildman–Crippen MR) is 111 cm³/mol. The van der Waals surface area contributed by atoms with Gasteiger partial charge in [0.1, 0.15) is 5.82 Å². The predicted octanol–water partition coefficient (Wildman–Crippen LogP) is 4.52. The monoisotopic (exact) mass is 386 g/mol. The van der Waals surface area contributed by atoms with E-state index in [0.717, 1.165) is 29.7 Å². The number of anilines is 2. The van der Waals surface area contributed by atoms with E-state index < -0.39 is 11.4 Å². The molecule has 5 rings (SSSR count). The molecule has 0 amide bonds. The Kier molecular flexibility index (Phi) is 3.94. The van der Waals surface area contributed by atoms with Gasteiger partial charge < -0.3 is 5.32 Å². The molecule has 0 aliphatic heterocycles. The van der Waals surface area contributed by atoms with Crippen LogP contribution in [0, 0.1) is 12.7 Å². The summed E-state index contributed by atoms with van der Waals surface area (Å²) >= 11 is 0. The fourth-order valence-electron chi connectivity index (χ4n) is 4.03. The zero-order chi connectivity index (χ0) is 20.0. The van der Waals surface area contributed by atoms with Crippen LogP contribution in [-0.2, 0) is 5.54 Å². The van der Waals surface area contributed by atoms with Crippen LogP contribution in [0.5, 0.6) is 0 Å². The van der Waals surface area contributed by atoms with Gasteiger partial charge in [0.25, 0.3) is 5.56 Å². The Bertz CT molecular complexity index is 1280. The summed E-state index contributed by atoms with van der Waals surface area (Å²) in [5.41, 5.74) is 2.66. The molecule has 5 nitrogen and oxygen atoms in total. The van der Waals surface area contributed by atoms with Crippen LogP contribution in [0.25, 0.3) is 10.9 Å². The first-order valence-electron chi connectivity index (χ1n) is 9.54. The topological polar surface area (TPSA) is 59.8 Å². The quantitative estimate of drug-likeness (QED) is 0.560. The van der Waals surface area contributed by atoms with Gasteiger partial charge in [-0.2, -0.15) is 0 Å². The molecule has 2 heterocycles. The highest BCUT2D eigenvalue weighted by molar-refractivity contribution is 5.79. The molecule has 4 aromatic rings. The van der Waals surface area contributed by atoms with E-state index in [-0.39, 0.29) is 10.9 Å². The molecule has 0 spiro atoms. The van der Waals surface area contributed by atoms with Crippen LogP contribution in [-0.4, -0.2) is 14.5 Å². The third kappa shape index (κ3) is 2.88. The summed E-state index contributed by atoms with van der Waals surface area (Å²) in [5, 5.41) is 3.53. The second-order valence-electron chi connectivity index (χ2n) is 7.45. The largest absolute Gasteiger partial charge is 0.324 e. The summed E-state index contributed by atoms with van der Waals surface area (Å²) in [6.07, 6.45) is 5.01. The molecular formula is C23H19FN4O. The van der Waals surface area contributed by atoms with Crippen molar-refractivity contribution in [2.24, 2.45) is 0 Å². The molecule has 1 aliphatic carbocycles. The lowest BCUT2D eigenvalue weighted by molar-refractivity contribution is 0.553. The third-order valence-electron chi connectivity index (χ3n) is 5.55. The minimum absolute atomic E-state index is 0.248. The standard InChI is InChI=1S/C23H19FN4O/c1-15-5-2-3-7-19(15)23(10-11-23)28-21(29)18-13-16(24)8-9-20(18)27-22(28)26-17-6-4-12-25-14-17/h2-9,12-14H,10-11H2,1H3,(H,26,27). The van der Waals surface area contributed by atoms with Gasteiger partial charge in [-0.3, -0.25) is 14.3 Å². The van der Waals surface area contributed by atoms with Gasteiger partial charge >= 0.3 is 0 Å². The molecule has 0 saturated heterocycles. The van der Waals surface area contributed by atoms with E-state index in [4.69, 9.17) is 4.98 Å². The number of fused-ring (bicyclic) bond motifs is 1. The summed E-state index contributed by atoms with van der Waals surface area (Å²) in [6.45, 7) is 2.04. The molecule has 0 unspecified atom stereocenters. The summed E-state index contributed by atoms with van der Waals surface area (Å²) in [7, 11) is 0. The average molecular weight is 386 g/mol. The number of aromatic nitrogens is 3. The smallest absolute Gasteiger partial charge is 0.263 e. The minimum Gasteiger partial charge on any atom is -0.324 e. The van der Waals surface area contributed by atoms with Crippen molar-refractivity contribution >= 4 is 22.5 Å². The molecule has 29 heavy (non-hydrogen) atoms. The maximum absolute atomic E-state index is 13.9. The van der Waals surface area contributed by atoms with Crippen LogP contribution in [0.3, 0.4) is 0 Å². The minimum atomic E-state index is -0.486. The molecule has 1 N–H and O–H groups in total. The number of hydrogen-bond acceptors (Lipinski definition) is 4. The second kappa shape index (κ2) is 6.51. The summed E-state index contributed by atoms with van der Waals surface area (Å²) in [6, 6.07) is 15.9. The number of hydrogen-bond donors (Lipinski definition) is 1. The van der Waals surface area contributed by atoms with Crippen LogP contribution < -0.4 is 10.9 Å². The van der Waals surface area contributed by atoms with E-state index in [1.165, 1.54) is 18.2 Å². The van der Waals surface area contributed by atoms with E-state index in [1.807, 2.05) is 37.3 Å². The zero-order valence-electron chi connectivity index (χ0n) is 15.9. The first-order chi connectivity index (χ1) is 14.1. The van der Waals surface area contributed by atoms with E-state index in [1.54, 1.807) is 17.0 Å². The molecule has 0 radical (unpaired) electrons. The highest BCUT2D eigenvalue weighted by atomic mass is 19.1. The Morgan fingerprint density at radius 3 is 2.66 bits per heavy atom. The van der Waals surface area contributed by atoms with Crippen molar-refractivity contribution in [2.45, 2.75) is 25.3 Å². The van der Waals surface area contributed by atoms with Gasteiger partial charge in [-0.15, -0.1) is 0 Å². The van der Waals surface area contributed by atoms with Crippen LogP contribution in [0.15, 0.2) is 71.8 Å². The van der Waals surface area contributed by atoms with Crippen molar-refractivity contribution in [3.63, 3.8) is 0 Å². The Morgan fingerprint density at radius 2 is 1.93 bits per heavy atom. The zero-order valence-corrected chi connectivity index (χ0v) is 15.9. The Hall–Kier alpha value is -3.54. The number of rotatable bonds is 4. The average Bonchev–Trinajstić information content (AvgIpc) is 3.51. The van der Waals surface area contributed by atoms with Crippen molar-refractivity contribution in [3.8, 4) is 0 Å². The molecule has 0 bridgehead atoms. The Labute approximate surface area is 166 Å². The van der Waals surface area contributed by atoms with E-state index >= 15 is 0 Å². The molecule has 144 valence electrons. The number of halogens is 1. The van der Waals surface area contributed by atoms with Gasteiger partial charge in [0.15, 0.2) is 0 Å². The number of benzene rings is 2. The molecule has 0 atom stereocenters. The normalized spacial score (nSPS) is 14.7. The maximum Gasteiger partial charge on any atom is 0.263 e. The first kappa shape index (κ1) is 17.6. The Morgan fingerprint density at radius 1 is 1.10 bits per heavy atom. The molecule has 2 aromatic carbocycles. The summed E-state index contributed by atoms with van der Waals surface area (Å²) < 4.78 is 15.6. The molecular weight excluding hydrogens is 367 g/mol. The van der Waals surface area contributed by atoms with Crippen molar-refractivity contribution < 1.29 is 4.39 Å². The lowest BCUT2D eigenvalue weighted by atomic mass is 9.98. The fraction of sp³-hybridized carbons (Fsp3) is 0.174. The molecule has 6 heteroatoms. The fourth-order valence-corrected chi connectivity index (χ4v) is 4.03. The van der Waals surface area contributed by atoms with E-state index in [0.29, 0.717) is 11.5 Å². The van der Waals surface area contributed by atoms with Crippen LogP contribution >= 0.6 is 0 Å². The third-order valence-corrected chi connectivity index (χ3v) is 5.55. The maximum atomic E-state index is 13.9. The van der Waals surface area contributed by atoms with Gasteiger partial charge in [-0.05, 0) is 61.2 Å². The van der Waals surface area contributed by atoms with Gasteiger partial charge in [-0.25, -0.2) is 9.37 Å². The number of pyridine rings is 1. The SMILES string of the molecule is Cc1ccccc1C1(n2c(Nc3cccnc3)nc3ccc(F)cc3c2=O)CC1. The van der Waals surface area contributed by atoms with Gasteiger partial charge in [0.2, 0.25) is 5.95 Å². The molecule has 1 fully saturated rings. The first-order valence-corrected chi connectivity index (χ1v) is 9.54. The van der Waals surface area contributed by atoms with Crippen molar-refractivity contribution in [1.82, 2.24) is 14.5 Å². The van der Waals surface area contributed by atoms with Crippen LogP contribution in [0.1, 0.15) is 24.0 Å². The summed E-state index contributed by atoms with van der Waals surface area (Å²) in [4.78, 5) is 22.4. The van der Waals surface area contributed by atoms with Crippen LogP contribution in [0.2, 0.25) is 0 Å². The number of nitrogens with one attached hydrogen (secondary N) is 1. The van der Waals surface area contributed by atoms with Gasteiger partial charge in [0.05, 0.1) is 28.3 Å². The second-order valence-corrected chi connectivity index (χ2v) is 7.45. The van der Waals surface area contributed by atoms with Gasteiger partial charge in [-0.1, -0.05) is 24.3 Å². The van der Waals surface area contributed by atoms with Crippen molar-refractivity contribution in [2.75, 3.05) is 5.32 Å². The molecule has 2 aromatic heterocycles. The summed E-state index contributed by atoms with van der Waals surface area (Å²) in [5.74, 6) is -0.0143. The molecule has 1 aliphatic rings. The van der Waals surface area contributed by atoms with Gasteiger partial charge in [0, 0.05) is 6.20 Å². The van der Waals surface area contributed by atoms with Crippen molar-refractivity contribution in [1.29, 1.82) is 0 Å². The Balaban J connectivity index is 1.79. The lowest BCUT2D eigenvalue weighted by Crippen LogP contribution is -2.34. The van der Waals surface area contributed by atoms with E-state index in [2.05, 4.69) is 16.4 Å². The molecule has 1 saturated carbocycles. The van der Waals surface area contributed by atoms with E-state index in [9.17, 15) is 9.18 Å². The number of nitrogens with zero attached hydrogens (tertiary/aromatic N) is 3. The highest BCUT2D eigenvalue weighted by Crippen LogP contribution is 2.51. The lowest BCUT2D eigenvalue weighted by Gasteiger charge is -2.25.